The largest absolute Gasteiger partial charge is 0.459 e. The van der Waals surface area contributed by atoms with Crippen LogP contribution in [0.15, 0.2) is 36.9 Å². The van der Waals surface area contributed by atoms with Crippen LogP contribution in [-0.2, 0) is 25.4 Å². The lowest BCUT2D eigenvalue weighted by molar-refractivity contribution is -0.153. The smallest absolute Gasteiger partial charge is 0.330 e. The summed E-state index contributed by atoms with van der Waals surface area (Å²) in [6.07, 6.45) is 12.3. The molecule has 4 heteroatoms. The van der Waals surface area contributed by atoms with Crippen molar-refractivity contribution >= 4 is 5.97 Å². The highest BCUT2D eigenvalue weighted by molar-refractivity contribution is 5.81. The van der Waals surface area contributed by atoms with E-state index in [1.54, 1.807) is 0 Å². The Morgan fingerprint density at radius 1 is 0.931 bits per heavy atom. The van der Waals surface area contributed by atoms with Crippen LogP contribution in [0.5, 0.6) is 0 Å². The van der Waals surface area contributed by atoms with Crippen molar-refractivity contribution in [3.63, 3.8) is 0 Å². The lowest BCUT2D eigenvalue weighted by Gasteiger charge is -2.31. The van der Waals surface area contributed by atoms with E-state index in [9.17, 15) is 4.79 Å². The molecule has 160 valence electrons. The summed E-state index contributed by atoms with van der Waals surface area (Å²) in [4.78, 5) is 11.3. The van der Waals surface area contributed by atoms with Crippen LogP contribution < -0.4 is 0 Å². The first-order chi connectivity index (χ1) is 14.2. The van der Waals surface area contributed by atoms with E-state index in [-0.39, 0.29) is 18.2 Å². The molecule has 0 saturated heterocycles. The van der Waals surface area contributed by atoms with E-state index < -0.39 is 0 Å². The Balaban J connectivity index is 1.29. The molecule has 0 unspecified atom stereocenters. The number of carbonyl (C=O) groups is 1. The second-order valence-electron chi connectivity index (χ2n) is 8.46. The van der Waals surface area contributed by atoms with Crippen LogP contribution in [0.1, 0.15) is 81.8 Å². The van der Waals surface area contributed by atoms with Crippen LogP contribution in [0.2, 0.25) is 0 Å². The molecule has 0 bridgehead atoms. The molecule has 0 aliphatic heterocycles. The number of esters is 1. The number of hydrogen-bond donors (Lipinski definition) is 0. The van der Waals surface area contributed by atoms with Gasteiger partial charge in [-0.1, -0.05) is 44.2 Å². The van der Waals surface area contributed by atoms with E-state index in [1.165, 1.54) is 42.9 Å². The SMILES string of the molecule is C=CC(=O)OC1CCC(OCOC2CCC(c3ccc(CCC)cc3)CC2)CC1. The molecule has 0 heterocycles. The van der Waals surface area contributed by atoms with Crippen LogP contribution in [0, 0.1) is 0 Å². The molecule has 2 aliphatic carbocycles. The molecule has 3 rings (SSSR count). The molecule has 0 radical (unpaired) electrons. The summed E-state index contributed by atoms with van der Waals surface area (Å²) in [6, 6.07) is 9.23. The van der Waals surface area contributed by atoms with Gasteiger partial charge in [-0.05, 0) is 74.8 Å². The van der Waals surface area contributed by atoms with Crippen LogP contribution in [0.4, 0.5) is 0 Å². The molecule has 0 spiro atoms. The molecular weight excluding hydrogens is 364 g/mol. The number of carbonyl (C=O) groups excluding carboxylic acids is 1. The van der Waals surface area contributed by atoms with Gasteiger partial charge < -0.3 is 14.2 Å². The average molecular weight is 401 g/mol. The predicted molar refractivity (Wildman–Crippen MR) is 115 cm³/mol. The minimum Gasteiger partial charge on any atom is -0.459 e. The Hall–Kier alpha value is -1.65. The highest BCUT2D eigenvalue weighted by Gasteiger charge is 2.25. The molecule has 2 aliphatic rings. The fourth-order valence-electron chi connectivity index (χ4n) is 4.57. The van der Waals surface area contributed by atoms with Gasteiger partial charge in [0, 0.05) is 6.08 Å². The fourth-order valence-corrected chi connectivity index (χ4v) is 4.57. The van der Waals surface area contributed by atoms with Crippen molar-refractivity contribution < 1.29 is 19.0 Å². The Kier molecular flexibility index (Phi) is 8.75. The van der Waals surface area contributed by atoms with Crippen LogP contribution >= 0.6 is 0 Å². The third-order valence-electron chi connectivity index (χ3n) is 6.34. The number of aryl methyl sites for hydroxylation is 1. The van der Waals surface area contributed by atoms with Gasteiger partial charge in [-0.2, -0.15) is 0 Å². The maximum atomic E-state index is 11.3. The molecule has 2 fully saturated rings. The number of hydrogen-bond acceptors (Lipinski definition) is 4. The zero-order valence-corrected chi connectivity index (χ0v) is 17.8. The quantitative estimate of drug-likeness (QED) is 0.303. The molecule has 0 amide bonds. The van der Waals surface area contributed by atoms with Gasteiger partial charge in [0.25, 0.3) is 0 Å². The first-order valence-corrected chi connectivity index (χ1v) is 11.3. The first-order valence-electron chi connectivity index (χ1n) is 11.3. The second kappa shape index (κ2) is 11.5. The topological polar surface area (TPSA) is 44.8 Å². The van der Waals surface area contributed by atoms with Crippen molar-refractivity contribution in [2.45, 2.75) is 95.4 Å². The fraction of sp³-hybridized carbons (Fsp3) is 0.640. The van der Waals surface area contributed by atoms with E-state index in [4.69, 9.17) is 14.2 Å². The van der Waals surface area contributed by atoms with E-state index in [0.717, 1.165) is 38.5 Å². The van der Waals surface area contributed by atoms with Crippen molar-refractivity contribution in [1.29, 1.82) is 0 Å². The lowest BCUT2D eigenvalue weighted by Crippen LogP contribution is -2.29. The number of rotatable bonds is 9. The maximum Gasteiger partial charge on any atom is 0.330 e. The Labute approximate surface area is 175 Å². The molecule has 4 nitrogen and oxygen atoms in total. The van der Waals surface area contributed by atoms with Gasteiger partial charge in [-0.3, -0.25) is 0 Å². The van der Waals surface area contributed by atoms with Gasteiger partial charge in [0.2, 0.25) is 0 Å². The summed E-state index contributed by atoms with van der Waals surface area (Å²) in [5, 5.41) is 0. The highest BCUT2D eigenvalue weighted by atomic mass is 16.7. The summed E-state index contributed by atoms with van der Waals surface area (Å²) >= 11 is 0. The molecule has 2 saturated carbocycles. The Bertz CT molecular complexity index is 623. The summed E-state index contributed by atoms with van der Waals surface area (Å²) in [7, 11) is 0. The van der Waals surface area contributed by atoms with E-state index in [2.05, 4.69) is 37.8 Å². The van der Waals surface area contributed by atoms with Crippen molar-refractivity contribution in [2.24, 2.45) is 0 Å². The van der Waals surface area contributed by atoms with Crippen molar-refractivity contribution in [3.8, 4) is 0 Å². The average Bonchev–Trinajstić information content (AvgIpc) is 2.76. The van der Waals surface area contributed by atoms with Gasteiger partial charge >= 0.3 is 5.97 Å². The van der Waals surface area contributed by atoms with Gasteiger partial charge in [0.1, 0.15) is 12.9 Å². The summed E-state index contributed by atoms with van der Waals surface area (Å²) in [5.74, 6) is 0.338. The van der Waals surface area contributed by atoms with Gasteiger partial charge in [-0.15, -0.1) is 0 Å². The Morgan fingerprint density at radius 2 is 1.48 bits per heavy atom. The van der Waals surface area contributed by atoms with E-state index in [1.807, 2.05) is 0 Å². The third kappa shape index (κ3) is 6.97. The summed E-state index contributed by atoms with van der Waals surface area (Å²) in [6.45, 7) is 6.05. The lowest BCUT2D eigenvalue weighted by atomic mass is 9.82. The molecule has 1 aromatic rings. The van der Waals surface area contributed by atoms with Crippen LogP contribution in [-0.4, -0.2) is 31.1 Å². The van der Waals surface area contributed by atoms with Gasteiger partial charge in [0.15, 0.2) is 0 Å². The number of ether oxygens (including phenoxy) is 3. The Morgan fingerprint density at radius 3 is 2.03 bits per heavy atom. The third-order valence-corrected chi connectivity index (χ3v) is 6.34. The highest BCUT2D eigenvalue weighted by Crippen LogP contribution is 2.34. The molecular formula is C25H36O4. The standard InChI is InChI=1S/C25H36O4/c1-3-5-19-6-8-20(9-7-19)21-10-12-22(13-11-21)27-18-28-23-14-16-24(17-15-23)29-25(26)4-2/h4,6-9,21-24H,2-3,5,10-18H2,1H3. The first kappa shape index (κ1) is 22.0. The minimum absolute atomic E-state index is 0.00702. The molecule has 0 aromatic heterocycles. The minimum atomic E-state index is -0.329. The van der Waals surface area contributed by atoms with Crippen molar-refractivity contribution in [2.75, 3.05) is 6.79 Å². The monoisotopic (exact) mass is 400 g/mol. The summed E-state index contributed by atoms with van der Waals surface area (Å²) in [5.41, 5.74) is 2.92. The second-order valence-corrected chi connectivity index (χ2v) is 8.46. The normalized spacial score (nSPS) is 27.3. The number of benzene rings is 1. The van der Waals surface area contributed by atoms with Gasteiger partial charge in [0.05, 0.1) is 12.2 Å². The zero-order valence-electron chi connectivity index (χ0n) is 17.8. The maximum absolute atomic E-state index is 11.3. The van der Waals surface area contributed by atoms with E-state index in [0.29, 0.717) is 18.8 Å². The van der Waals surface area contributed by atoms with Crippen molar-refractivity contribution in [1.82, 2.24) is 0 Å². The summed E-state index contributed by atoms with van der Waals surface area (Å²) < 4.78 is 17.2. The zero-order chi connectivity index (χ0) is 20.5. The predicted octanol–water partition coefficient (Wildman–Crippen LogP) is 5.70. The van der Waals surface area contributed by atoms with Crippen LogP contribution in [0.25, 0.3) is 0 Å². The molecule has 1 aromatic carbocycles. The molecule has 29 heavy (non-hydrogen) atoms. The van der Waals surface area contributed by atoms with Gasteiger partial charge in [-0.25, -0.2) is 4.79 Å². The van der Waals surface area contributed by atoms with Crippen molar-refractivity contribution in [3.05, 3.63) is 48.0 Å². The van der Waals surface area contributed by atoms with Crippen LogP contribution in [0.3, 0.4) is 0 Å². The molecule has 0 atom stereocenters. The van der Waals surface area contributed by atoms with E-state index >= 15 is 0 Å². The molecule has 0 N–H and O–H groups in total.